The Hall–Kier alpha value is -4.13. The molecule has 7 heteroatoms. The van der Waals surface area contributed by atoms with Gasteiger partial charge < -0.3 is 14.7 Å². The Labute approximate surface area is 210 Å². The normalized spacial score (nSPS) is 19.5. The lowest BCUT2D eigenvalue weighted by molar-refractivity contribution is -0.132. The van der Waals surface area contributed by atoms with Crippen molar-refractivity contribution >= 4 is 28.8 Å². The van der Waals surface area contributed by atoms with Crippen molar-refractivity contribution in [1.29, 1.82) is 0 Å². The summed E-state index contributed by atoms with van der Waals surface area (Å²) in [6.07, 6.45) is 6.82. The number of ketones is 1. The average molecular weight is 484 g/mol. The fraction of sp³-hybridized carbons (Fsp3) is 0.276. The van der Waals surface area contributed by atoms with Gasteiger partial charge in [-0.2, -0.15) is 0 Å². The highest BCUT2D eigenvalue weighted by Crippen LogP contribution is 2.42. The Morgan fingerprint density at radius 3 is 2.19 bits per heavy atom. The molecule has 36 heavy (non-hydrogen) atoms. The van der Waals surface area contributed by atoms with E-state index in [0.29, 0.717) is 29.2 Å². The number of Topliss-reactive ketones (excluding diaryl/α,β-unsaturated/α-hetero) is 1. The second-order valence-electron chi connectivity index (χ2n) is 8.97. The summed E-state index contributed by atoms with van der Waals surface area (Å²) < 4.78 is 5.49. The lowest BCUT2D eigenvalue weighted by atomic mass is 9.95. The van der Waals surface area contributed by atoms with Crippen LogP contribution in [0.5, 0.6) is 5.75 Å². The molecule has 184 valence electrons. The maximum absolute atomic E-state index is 13.3. The van der Waals surface area contributed by atoms with Crippen LogP contribution in [0.2, 0.25) is 0 Å². The van der Waals surface area contributed by atoms with Crippen molar-refractivity contribution in [2.45, 2.75) is 32.2 Å². The first-order valence-electron chi connectivity index (χ1n) is 12.4. The summed E-state index contributed by atoms with van der Waals surface area (Å²) in [7, 11) is 0. The fourth-order valence-corrected chi connectivity index (χ4v) is 4.97. The number of aromatic nitrogens is 1. The third kappa shape index (κ3) is 4.44. The summed E-state index contributed by atoms with van der Waals surface area (Å²) in [4.78, 5) is 34.6. The summed E-state index contributed by atoms with van der Waals surface area (Å²) >= 11 is 0. The van der Waals surface area contributed by atoms with Crippen LogP contribution in [0, 0.1) is 0 Å². The molecule has 1 amide bonds. The van der Waals surface area contributed by atoms with E-state index in [1.54, 1.807) is 48.8 Å². The Morgan fingerprint density at radius 1 is 0.917 bits per heavy atom. The quantitative estimate of drug-likeness (QED) is 0.299. The predicted molar refractivity (Wildman–Crippen MR) is 139 cm³/mol. The van der Waals surface area contributed by atoms with E-state index in [1.807, 2.05) is 31.2 Å². The number of nitrogens with zero attached hydrogens (tertiary/aromatic N) is 3. The molecule has 2 fully saturated rings. The van der Waals surface area contributed by atoms with E-state index in [1.165, 1.54) is 24.2 Å². The van der Waals surface area contributed by atoms with Crippen molar-refractivity contribution in [3.8, 4) is 5.75 Å². The molecule has 2 aliphatic heterocycles. The maximum atomic E-state index is 13.3. The lowest BCUT2D eigenvalue weighted by Gasteiger charge is -2.30. The molecule has 0 radical (unpaired) electrons. The molecule has 0 spiro atoms. The van der Waals surface area contributed by atoms with Crippen LogP contribution < -0.4 is 14.5 Å². The number of piperidine rings is 1. The van der Waals surface area contributed by atoms with Gasteiger partial charge in [-0.3, -0.25) is 19.5 Å². The third-order valence-corrected chi connectivity index (χ3v) is 6.75. The van der Waals surface area contributed by atoms with Crippen molar-refractivity contribution in [3.63, 3.8) is 0 Å². The molecule has 1 N–H and O–H groups in total. The second kappa shape index (κ2) is 10.2. The molecule has 2 aliphatic rings. The largest absolute Gasteiger partial charge is 0.507 e. The highest BCUT2D eigenvalue weighted by molar-refractivity contribution is 6.51. The van der Waals surface area contributed by atoms with Gasteiger partial charge in [-0.15, -0.1) is 0 Å². The van der Waals surface area contributed by atoms with Gasteiger partial charge in [0.25, 0.3) is 11.7 Å². The molecular weight excluding hydrogens is 454 g/mol. The Kier molecular flexibility index (Phi) is 6.71. The van der Waals surface area contributed by atoms with Crippen molar-refractivity contribution in [2.75, 3.05) is 29.5 Å². The number of hydrogen-bond donors (Lipinski definition) is 1. The molecule has 0 aliphatic carbocycles. The van der Waals surface area contributed by atoms with E-state index in [2.05, 4.69) is 9.88 Å². The molecule has 2 saturated heterocycles. The van der Waals surface area contributed by atoms with Gasteiger partial charge in [-0.25, -0.2) is 0 Å². The zero-order valence-corrected chi connectivity index (χ0v) is 20.3. The van der Waals surface area contributed by atoms with E-state index in [4.69, 9.17) is 4.74 Å². The summed E-state index contributed by atoms with van der Waals surface area (Å²) in [5.41, 5.74) is 2.89. The third-order valence-electron chi connectivity index (χ3n) is 6.75. The number of anilines is 2. The first kappa shape index (κ1) is 23.6. The zero-order chi connectivity index (χ0) is 25.1. The molecule has 3 aromatic rings. The molecular formula is C29H29N3O4. The van der Waals surface area contributed by atoms with Crippen LogP contribution in [0.25, 0.3) is 5.76 Å². The molecule has 1 aromatic heterocycles. The number of aliphatic hydroxyl groups excluding tert-OH is 1. The van der Waals surface area contributed by atoms with E-state index < -0.39 is 17.7 Å². The summed E-state index contributed by atoms with van der Waals surface area (Å²) in [6, 6.07) is 17.3. The van der Waals surface area contributed by atoms with E-state index in [9.17, 15) is 14.7 Å². The molecule has 1 atom stereocenters. The molecule has 1 unspecified atom stereocenters. The number of ether oxygens (including phenoxy) is 1. The van der Waals surface area contributed by atoms with Crippen LogP contribution in [0.1, 0.15) is 43.4 Å². The smallest absolute Gasteiger partial charge is 0.300 e. The minimum Gasteiger partial charge on any atom is -0.507 e. The van der Waals surface area contributed by atoms with Gasteiger partial charge in [-0.1, -0.05) is 0 Å². The minimum atomic E-state index is -0.777. The number of benzene rings is 2. The van der Waals surface area contributed by atoms with Gasteiger partial charge in [0.2, 0.25) is 0 Å². The Morgan fingerprint density at radius 2 is 1.56 bits per heavy atom. The van der Waals surface area contributed by atoms with E-state index in [-0.39, 0.29) is 11.3 Å². The number of amides is 1. The topological polar surface area (TPSA) is 83.0 Å². The maximum Gasteiger partial charge on any atom is 0.300 e. The molecule has 0 bridgehead atoms. The van der Waals surface area contributed by atoms with Crippen molar-refractivity contribution in [2.24, 2.45) is 0 Å². The highest BCUT2D eigenvalue weighted by atomic mass is 16.5. The zero-order valence-electron chi connectivity index (χ0n) is 20.3. The molecule has 2 aromatic carbocycles. The minimum absolute atomic E-state index is 0.0514. The number of carbonyl (C=O) groups excluding carboxylic acids is 2. The number of hydrogen-bond acceptors (Lipinski definition) is 6. The molecule has 5 rings (SSSR count). The van der Waals surface area contributed by atoms with Gasteiger partial charge in [0, 0.05) is 42.4 Å². The van der Waals surface area contributed by atoms with Gasteiger partial charge in [0.15, 0.2) is 0 Å². The first-order chi connectivity index (χ1) is 17.6. The van der Waals surface area contributed by atoms with Crippen molar-refractivity contribution in [1.82, 2.24) is 4.98 Å². The Balaban J connectivity index is 1.56. The number of pyridine rings is 1. The summed E-state index contributed by atoms with van der Waals surface area (Å²) in [5, 5.41) is 11.3. The van der Waals surface area contributed by atoms with E-state index in [0.717, 1.165) is 18.8 Å². The molecule has 3 heterocycles. The van der Waals surface area contributed by atoms with Gasteiger partial charge in [0.1, 0.15) is 11.5 Å². The lowest BCUT2D eigenvalue weighted by Crippen LogP contribution is -2.30. The van der Waals surface area contributed by atoms with Crippen molar-refractivity contribution in [3.05, 3.63) is 89.8 Å². The van der Waals surface area contributed by atoms with Gasteiger partial charge in [0.05, 0.1) is 18.2 Å². The van der Waals surface area contributed by atoms with Crippen LogP contribution in [0.4, 0.5) is 11.4 Å². The fourth-order valence-electron chi connectivity index (χ4n) is 4.97. The van der Waals surface area contributed by atoms with Gasteiger partial charge in [-0.05, 0) is 92.4 Å². The van der Waals surface area contributed by atoms with Crippen LogP contribution in [-0.2, 0) is 9.59 Å². The summed E-state index contributed by atoms with van der Waals surface area (Å²) in [6.45, 7) is 4.45. The number of carbonyl (C=O) groups is 2. The summed E-state index contributed by atoms with van der Waals surface area (Å²) in [5.74, 6) is -0.946. The Bertz CT molecular complexity index is 1260. The monoisotopic (exact) mass is 483 g/mol. The van der Waals surface area contributed by atoms with Crippen LogP contribution in [-0.4, -0.2) is 41.5 Å². The SMILES string of the molecule is CCOc1ccc(/C(O)=C2\C(=O)C(=O)N(c3ccc(N4CCCCC4)cc3)C2c2ccncc2)cc1. The van der Waals surface area contributed by atoms with Crippen LogP contribution >= 0.6 is 0 Å². The first-order valence-corrected chi connectivity index (χ1v) is 12.4. The van der Waals surface area contributed by atoms with Crippen LogP contribution in [0.3, 0.4) is 0 Å². The molecule has 0 saturated carbocycles. The van der Waals surface area contributed by atoms with Crippen molar-refractivity contribution < 1.29 is 19.4 Å². The average Bonchev–Trinajstić information content (AvgIpc) is 3.20. The predicted octanol–water partition coefficient (Wildman–Crippen LogP) is 5.10. The van der Waals surface area contributed by atoms with Gasteiger partial charge >= 0.3 is 0 Å². The highest BCUT2D eigenvalue weighted by Gasteiger charge is 2.47. The standard InChI is InChI=1S/C29H29N3O4/c1-2-36-24-12-6-21(7-13-24)27(33)25-26(20-14-16-30-17-15-20)32(29(35)28(25)34)23-10-8-22(9-11-23)31-18-4-3-5-19-31/h6-17,26,33H,2-5,18-19H2,1H3/b27-25+. The van der Waals surface area contributed by atoms with E-state index >= 15 is 0 Å². The number of aliphatic hydroxyl groups is 1. The number of rotatable bonds is 6. The second-order valence-corrected chi connectivity index (χ2v) is 8.97. The molecule has 7 nitrogen and oxygen atoms in total. The van der Waals surface area contributed by atoms with Crippen LogP contribution in [0.15, 0.2) is 78.6 Å².